The molecular formula is C25H35N3O2. The van der Waals surface area contributed by atoms with Crippen molar-refractivity contribution in [2.45, 2.75) is 32.2 Å². The molecule has 1 aromatic carbocycles. The lowest BCUT2D eigenvalue weighted by molar-refractivity contribution is 0.160. The van der Waals surface area contributed by atoms with Crippen LogP contribution in [0, 0.1) is 11.8 Å². The summed E-state index contributed by atoms with van der Waals surface area (Å²) in [7, 11) is 3.94. The van der Waals surface area contributed by atoms with Gasteiger partial charge in [0.15, 0.2) is 0 Å². The Kier molecular flexibility index (Phi) is 11.6. The molecule has 2 aromatic rings. The minimum Gasteiger partial charge on any atom is -0.395 e. The number of nitrogens with zero attached hydrogens (tertiary/aromatic N) is 3. The second kappa shape index (κ2) is 14.6. The molecule has 0 spiro atoms. The summed E-state index contributed by atoms with van der Waals surface area (Å²) < 4.78 is 5.62. The number of unbranched alkanes of at least 4 members (excludes halogenated alkanes) is 3. The SMILES string of the molecule is CN(C)c1cccc(C#CCOCCCCCCN(CCO)Cc2ccccc2)n1. The molecule has 1 heterocycles. The van der Waals surface area contributed by atoms with Gasteiger partial charge in [-0.1, -0.05) is 55.2 Å². The molecule has 2 rings (SSSR count). The average Bonchev–Trinajstić information content (AvgIpc) is 2.76. The van der Waals surface area contributed by atoms with Gasteiger partial charge in [-0.05, 0) is 43.0 Å². The van der Waals surface area contributed by atoms with Gasteiger partial charge < -0.3 is 14.7 Å². The molecule has 0 unspecified atom stereocenters. The van der Waals surface area contributed by atoms with Crippen LogP contribution >= 0.6 is 0 Å². The van der Waals surface area contributed by atoms with Crippen LogP contribution in [0.2, 0.25) is 0 Å². The molecule has 0 atom stereocenters. The van der Waals surface area contributed by atoms with Gasteiger partial charge in [-0.25, -0.2) is 4.98 Å². The largest absolute Gasteiger partial charge is 0.395 e. The normalized spacial score (nSPS) is 10.7. The van der Waals surface area contributed by atoms with Crippen LogP contribution in [0.4, 0.5) is 5.82 Å². The number of hydrogen-bond acceptors (Lipinski definition) is 5. The van der Waals surface area contributed by atoms with Crippen molar-refractivity contribution in [2.75, 3.05) is 51.9 Å². The van der Waals surface area contributed by atoms with Crippen LogP contribution in [0.5, 0.6) is 0 Å². The highest BCUT2D eigenvalue weighted by molar-refractivity contribution is 5.41. The summed E-state index contributed by atoms with van der Waals surface area (Å²) in [5.74, 6) is 7.00. The smallest absolute Gasteiger partial charge is 0.129 e. The summed E-state index contributed by atoms with van der Waals surface area (Å²) in [6.45, 7) is 4.02. The highest BCUT2D eigenvalue weighted by Gasteiger charge is 2.05. The zero-order valence-electron chi connectivity index (χ0n) is 18.4. The third-order valence-corrected chi connectivity index (χ3v) is 4.76. The third-order valence-electron chi connectivity index (χ3n) is 4.76. The highest BCUT2D eigenvalue weighted by Crippen LogP contribution is 2.08. The average molecular weight is 410 g/mol. The van der Waals surface area contributed by atoms with Crippen molar-refractivity contribution in [2.24, 2.45) is 0 Å². The first kappa shape index (κ1) is 23.9. The molecule has 0 aliphatic carbocycles. The van der Waals surface area contributed by atoms with Gasteiger partial charge >= 0.3 is 0 Å². The first-order chi connectivity index (χ1) is 14.7. The van der Waals surface area contributed by atoms with Gasteiger partial charge in [-0.2, -0.15) is 0 Å². The van der Waals surface area contributed by atoms with Crippen molar-refractivity contribution >= 4 is 5.82 Å². The van der Waals surface area contributed by atoms with Crippen LogP contribution < -0.4 is 4.90 Å². The first-order valence-electron chi connectivity index (χ1n) is 10.8. The summed E-state index contributed by atoms with van der Waals surface area (Å²) in [6, 6.07) is 16.3. The molecule has 0 fully saturated rings. The lowest BCUT2D eigenvalue weighted by Crippen LogP contribution is -2.27. The van der Waals surface area contributed by atoms with Crippen LogP contribution in [0.3, 0.4) is 0 Å². The minimum atomic E-state index is 0.205. The Morgan fingerprint density at radius 2 is 1.73 bits per heavy atom. The summed E-state index contributed by atoms with van der Waals surface area (Å²) in [5, 5.41) is 9.29. The maximum atomic E-state index is 9.29. The Bertz CT molecular complexity index is 769. The number of aromatic nitrogens is 1. The lowest BCUT2D eigenvalue weighted by Gasteiger charge is -2.21. The molecule has 0 saturated heterocycles. The standard InChI is InChI=1S/C25H35N3O2/c1-27(2)25-16-10-14-24(26-25)15-11-21-30-20-9-4-3-8-17-28(18-19-29)22-23-12-6-5-7-13-23/h5-7,10,12-14,16,29H,3-4,8-9,17-22H2,1-2H3. The molecule has 0 saturated carbocycles. The molecule has 0 bridgehead atoms. The quantitative estimate of drug-likeness (QED) is 0.405. The van der Waals surface area contributed by atoms with Gasteiger partial charge in [0.05, 0.1) is 6.61 Å². The monoisotopic (exact) mass is 409 g/mol. The molecule has 0 radical (unpaired) electrons. The molecule has 5 nitrogen and oxygen atoms in total. The fourth-order valence-electron chi connectivity index (χ4n) is 3.14. The van der Waals surface area contributed by atoms with E-state index in [1.54, 1.807) is 0 Å². The van der Waals surface area contributed by atoms with Gasteiger partial charge in [0.25, 0.3) is 0 Å². The maximum absolute atomic E-state index is 9.29. The molecule has 0 aliphatic rings. The topological polar surface area (TPSA) is 48.8 Å². The van der Waals surface area contributed by atoms with Gasteiger partial charge in [0.2, 0.25) is 0 Å². The van der Waals surface area contributed by atoms with Gasteiger partial charge in [0.1, 0.15) is 18.1 Å². The summed E-state index contributed by atoms with van der Waals surface area (Å²) in [5.41, 5.74) is 2.07. The van der Waals surface area contributed by atoms with Crippen LogP contribution in [0.15, 0.2) is 48.5 Å². The van der Waals surface area contributed by atoms with Crippen molar-refractivity contribution in [1.29, 1.82) is 0 Å². The van der Waals surface area contributed by atoms with Crippen LogP contribution in [-0.4, -0.2) is 62.0 Å². The van der Waals surface area contributed by atoms with Crippen molar-refractivity contribution in [3.8, 4) is 11.8 Å². The minimum absolute atomic E-state index is 0.205. The van der Waals surface area contributed by atoms with Crippen molar-refractivity contribution in [3.05, 3.63) is 59.8 Å². The van der Waals surface area contributed by atoms with E-state index in [1.807, 2.05) is 43.3 Å². The third kappa shape index (κ3) is 9.89. The number of aliphatic hydroxyl groups excluding tert-OH is 1. The number of aliphatic hydroxyl groups is 1. The number of anilines is 1. The second-order valence-corrected chi connectivity index (χ2v) is 7.53. The molecule has 5 heteroatoms. The molecule has 0 aliphatic heterocycles. The fourth-order valence-corrected chi connectivity index (χ4v) is 3.14. The lowest BCUT2D eigenvalue weighted by atomic mass is 10.1. The van der Waals surface area contributed by atoms with Crippen LogP contribution in [-0.2, 0) is 11.3 Å². The second-order valence-electron chi connectivity index (χ2n) is 7.53. The summed E-state index contributed by atoms with van der Waals surface area (Å²) in [6.07, 6.45) is 4.51. The fraction of sp³-hybridized carbons (Fsp3) is 0.480. The predicted molar refractivity (Wildman–Crippen MR) is 124 cm³/mol. The zero-order valence-corrected chi connectivity index (χ0v) is 18.4. The van der Waals surface area contributed by atoms with Crippen molar-refractivity contribution in [1.82, 2.24) is 9.88 Å². The number of benzene rings is 1. The van der Waals surface area contributed by atoms with E-state index < -0.39 is 0 Å². The molecule has 1 N–H and O–H groups in total. The Morgan fingerprint density at radius 1 is 0.933 bits per heavy atom. The van der Waals surface area contributed by atoms with Crippen molar-refractivity contribution in [3.63, 3.8) is 0 Å². The van der Waals surface area contributed by atoms with E-state index in [-0.39, 0.29) is 6.61 Å². The number of rotatable bonds is 13. The van der Waals surface area contributed by atoms with E-state index >= 15 is 0 Å². The Labute approximate surface area is 181 Å². The maximum Gasteiger partial charge on any atom is 0.129 e. The van der Waals surface area contributed by atoms with Crippen molar-refractivity contribution < 1.29 is 9.84 Å². The predicted octanol–water partition coefficient (Wildman–Crippen LogP) is 3.57. The first-order valence-corrected chi connectivity index (χ1v) is 10.8. The van der Waals surface area contributed by atoms with E-state index in [0.29, 0.717) is 6.61 Å². The van der Waals surface area contributed by atoms with E-state index in [9.17, 15) is 5.11 Å². The number of ether oxygens (including phenoxy) is 1. The van der Waals surface area contributed by atoms with Gasteiger partial charge in [0, 0.05) is 33.8 Å². The van der Waals surface area contributed by atoms with E-state index in [0.717, 1.165) is 57.0 Å². The Morgan fingerprint density at radius 3 is 2.50 bits per heavy atom. The Hall–Kier alpha value is -2.39. The molecule has 1 aromatic heterocycles. The summed E-state index contributed by atoms with van der Waals surface area (Å²) >= 11 is 0. The number of hydrogen-bond donors (Lipinski definition) is 1. The summed E-state index contributed by atoms with van der Waals surface area (Å²) in [4.78, 5) is 8.76. The van der Waals surface area contributed by atoms with E-state index in [4.69, 9.17) is 4.74 Å². The number of pyridine rings is 1. The zero-order chi connectivity index (χ0) is 21.4. The van der Waals surface area contributed by atoms with E-state index in [1.165, 1.54) is 12.0 Å². The van der Waals surface area contributed by atoms with E-state index in [2.05, 4.69) is 46.0 Å². The Balaban J connectivity index is 1.54. The molecule has 30 heavy (non-hydrogen) atoms. The van der Waals surface area contributed by atoms with Gasteiger partial charge in [-0.3, -0.25) is 4.90 Å². The van der Waals surface area contributed by atoms with Crippen LogP contribution in [0.25, 0.3) is 0 Å². The van der Waals surface area contributed by atoms with Gasteiger partial charge in [-0.15, -0.1) is 0 Å². The molecule has 162 valence electrons. The molecular weight excluding hydrogens is 374 g/mol. The van der Waals surface area contributed by atoms with Crippen LogP contribution in [0.1, 0.15) is 36.9 Å². The molecule has 0 amide bonds. The highest BCUT2D eigenvalue weighted by atomic mass is 16.5.